The van der Waals surface area contributed by atoms with E-state index in [9.17, 15) is 13.2 Å². The summed E-state index contributed by atoms with van der Waals surface area (Å²) in [7, 11) is -3.46. The lowest BCUT2D eigenvalue weighted by molar-refractivity contribution is -0.127. The fourth-order valence-corrected chi connectivity index (χ4v) is 5.86. The van der Waals surface area contributed by atoms with Crippen LogP contribution in [0.4, 0.5) is 0 Å². The summed E-state index contributed by atoms with van der Waals surface area (Å²) in [6, 6.07) is 6.97. The first-order valence-electron chi connectivity index (χ1n) is 9.89. The number of hydrogen-bond acceptors (Lipinski definition) is 4. The number of hydrogen-bond donors (Lipinski definition) is 1. The lowest BCUT2D eigenvalue weighted by atomic mass is 9.80. The lowest BCUT2D eigenvalue weighted by Gasteiger charge is -2.49. The third kappa shape index (κ3) is 3.52. The second-order valence-electron chi connectivity index (χ2n) is 8.19. The van der Waals surface area contributed by atoms with Crippen molar-refractivity contribution in [2.45, 2.75) is 49.5 Å². The number of nitrogens with zero attached hydrogens (tertiary/aromatic N) is 1. The van der Waals surface area contributed by atoms with Gasteiger partial charge in [-0.25, -0.2) is 8.42 Å². The van der Waals surface area contributed by atoms with Gasteiger partial charge in [0.05, 0.1) is 10.5 Å². The smallest absolute Gasteiger partial charge is 0.243 e. The molecule has 1 amide bonds. The molecule has 6 nitrogen and oxygen atoms in total. The summed E-state index contributed by atoms with van der Waals surface area (Å²) in [5.74, 6) is 0.674. The molecule has 3 aliphatic rings. The van der Waals surface area contributed by atoms with E-state index in [1.165, 1.54) is 4.31 Å². The van der Waals surface area contributed by atoms with E-state index in [-0.39, 0.29) is 17.4 Å². The van der Waals surface area contributed by atoms with Crippen molar-refractivity contribution in [2.24, 2.45) is 11.8 Å². The van der Waals surface area contributed by atoms with Gasteiger partial charge < -0.3 is 10.1 Å². The Morgan fingerprint density at radius 1 is 1.22 bits per heavy atom. The Bertz CT molecular complexity index is 796. The second-order valence-corrected chi connectivity index (χ2v) is 10.1. The van der Waals surface area contributed by atoms with Crippen molar-refractivity contribution < 1.29 is 17.9 Å². The maximum Gasteiger partial charge on any atom is 0.243 e. The van der Waals surface area contributed by atoms with E-state index < -0.39 is 10.0 Å². The maximum atomic E-state index is 12.8. The topological polar surface area (TPSA) is 75.7 Å². The van der Waals surface area contributed by atoms with Crippen LogP contribution in [0.15, 0.2) is 29.2 Å². The zero-order chi connectivity index (χ0) is 19.1. The molecule has 0 unspecified atom stereocenters. The van der Waals surface area contributed by atoms with E-state index >= 15 is 0 Å². The predicted molar refractivity (Wildman–Crippen MR) is 102 cm³/mol. The summed E-state index contributed by atoms with van der Waals surface area (Å²) in [6.45, 7) is 4.07. The van der Waals surface area contributed by atoms with Gasteiger partial charge in [-0.1, -0.05) is 24.1 Å². The Labute approximate surface area is 161 Å². The Kier molecular flexibility index (Phi) is 5.03. The van der Waals surface area contributed by atoms with E-state index in [2.05, 4.69) is 5.32 Å². The molecule has 3 fully saturated rings. The summed E-state index contributed by atoms with van der Waals surface area (Å²) in [4.78, 5) is 12.3. The van der Waals surface area contributed by atoms with E-state index in [0.29, 0.717) is 37.1 Å². The van der Waals surface area contributed by atoms with Crippen molar-refractivity contribution in [3.8, 4) is 0 Å². The maximum absolute atomic E-state index is 12.8. The van der Waals surface area contributed by atoms with Crippen LogP contribution < -0.4 is 5.32 Å². The summed E-state index contributed by atoms with van der Waals surface area (Å²) in [5.41, 5.74) is 0.663. The number of ether oxygens (including phenoxy) is 1. The largest absolute Gasteiger partial charge is 0.372 e. The molecule has 1 saturated carbocycles. The molecule has 1 aromatic carbocycles. The summed E-state index contributed by atoms with van der Waals surface area (Å²) < 4.78 is 33.1. The molecule has 0 radical (unpaired) electrons. The fourth-order valence-electron chi connectivity index (χ4n) is 4.31. The summed E-state index contributed by atoms with van der Waals surface area (Å²) >= 11 is 0. The van der Waals surface area contributed by atoms with Gasteiger partial charge in [-0.3, -0.25) is 4.79 Å². The molecule has 0 aromatic heterocycles. The number of amides is 1. The van der Waals surface area contributed by atoms with Crippen molar-refractivity contribution in [1.82, 2.24) is 9.62 Å². The Morgan fingerprint density at radius 2 is 1.93 bits per heavy atom. The van der Waals surface area contributed by atoms with Crippen molar-refractivity contribution in [2.75, 3.05) is 26.2 Å². The van der Waals surface area contributed by atoms with Crippen molar-refractivity contribution in [3.05, 3.63) is 29.8 Å². The number of carbonyl (C=O) groups is 1. The molecular formula is C20H28N2O4S. The zero-order valence-electron chi connectivity index (χ0n) is 15.8. The van der Waals surface area contributed by atoms with Crippen LogP contribution >= 0.6 is 0 Å². The predicted octanol–water partition coefficient (Wildman–Crippen LogP) is 2.08. The number of sulfonamides is 1. The van der Waals surface area contributed by atoms with Crippen molar-refractivity contribution in [1.29, 1.82) is 0 Å². The van der Waals surface area contributed by atoms with Gasteiger partial charge in [0.25, 0.3) is 0 Å². The highest BCUT2D eigenvalue weighted by Gasteiger charge is 2.56. The van der Waals surface area contributed by atoms with Crippen LogP contribution in [-0.2, 0) is 19.6 Å². The van der Waals surface area contributed by atoms with Crippen LogP contribution in [0.2, 0.25) is 0 Å². The minimum absolute atomic E-state index is 0.173. The first-order chi connectivity index (χ1) is 12.9. The molecule has 7 heteroatoms. The summed E-state index contributed by atoms with van der Waals surface area (Å²) in [5, 5.41) is 3.04. The average Bonchev–Trinajstić information content (AvgIpc) is 2.96. The number of rotatable bonds is 6. The van der Waals surface area contributed by atoms with E-state index in [1.54, 1.807) is 12.1 Å². The van der Waals surface area contributed by atoms with Gasteiger partial charge in [0.2, 0.25) is 15.9 Å². The molecule has 2 aliphatic heterocycles. The molecule has 1 aliphatic carbocycles. The SMILES string of the molecule is Cc1ccc(S(=O)(=O)N2CC3(C2)OCC[C@H]3CCNC(=O)C2CCC2)cc1. The molecular weight excluding hydrogens is 364 g/mol. The molecule has 2 heterocycles. The standard InChI is InChI=1S/C20H28N2O4S/c1-15-5-7-18(8-6-15)27(24,25)22-13-20(14-22)17(10-12-26-20)9-11-21-19(23)16-3-2-4-16/h5-8,16-17H,2-4,9-14H2,1H3,(H,21,23)/t17-/m1/s1. The van der Waals surface area contributed by atoms with E-state index in [4.69, 9.17) is 4.74 Å². The van der Waals surface area contributed by atoms with Gasteiger partial charge in [-0.2, -0.15) is 4.31 Å². The molecule has 0 bridgehead atoms. The minimum atomic E-state index is -3.46. The molecule has 4 rings (SSSR count). The van der Waals surface area contributed by atoms with Crippen molar-refractivity contribution in [3.63, 3.8) is 0 Å². The van der Waals surface area contributed by atoms with Crippen LogP contribution in [0, 0.1) is 18.8 Å². The molecule has 148 valence electrons. The molecule has 27 heavy (non-hydrogen) atoms. The zero-order valence-corrected chi connectivity index (χ0v) is 16.6. The summed E-state index contributed by atoms with van der Waals surface area (Å²) in [6.07, 6.45) is 4.94. The highest BCUT2D eigenvalue weighted by Crippen LogP contribution is 2.43. The highest BCUT2D eigenvalue weighted by atomic mass is 32.2. The number of aryl methyl sites for hydroxylation is 1. The van der Waals surface area contributed by atoms with Crippen LogP contribution in [0.3, 0.4) is 0 Å². The van der Waals surface area contributed by atoms with Gasteiger partial charge >= 0.3 is 0 Å². The molecule has 1 aromatic rings. The Hall–Kier alpha value is -1.44. The number of benzene rings is 1. The Balaban J connectivity index is 1.33. The second kappa shape index (κ2) is 7.18. The average molecular weight is 393 g/mol. The van der Waals surface area contributed by atoms with Crippen LogP contribution in [0.1, 0.15) is 37.7 Å². The minimum Gasteiger partial charge on any atom is -0.372 e. The van der Waals surface area contributed by atoms with Crippen LogP contribution in [0.25, 0.3) is 0 Å². The monoisotopic (exact) mass is 392 g/mol. The van der Waals surface area contributed by atoms with E-state index in [0.717, 1.165) is 37.7 Å². The highest BCUT2D eigenvalue weighted by molar-refractivity contribution is 7.89. The normalized spacial score (nSPS) is 25.1. The van der Waals surface area contributed by atoms with Crippen LogP contribution in [-0.4, -0.2) is 50.5 Å². The molecule has 1 N–H and O–H groups in total. The van der Waals surface area contributed by atoms with Gasteiger partial charge in [-0.05, 0) is 50.7 Å². The fraction of sp³-hybridized carbons (Fsp3) is 0.650. The van der Waals surface area contributed by atoms with Crippen LogP contribution in [0.5, 0.6) is 0 Å². The number of nitrogens with one attached hydrogen (secondary N) is 1. The molecule has 1 spiro atoms. The van der Waals surface area contributed by atoms with Gasteiger partial charge in [-0.15, -0.1) is 0 Å². The molecule has 1 atom stereocenters. The first kappa shape index (κ1) is 18.9. The van der Waals surface area contributed by atoms with Gasteiger partial charge in [0.1, 0.15) is 0 Å². The van der Waals surface area contributed by atoms with Gasteiger partial charge in [0, 0.05) is 32.2 Å². The third-order valence-corrected chi connectivity index (χ3v) is 8.22. The van der Waals surface area contributed by atoms with E-state index in [1.807, 2.05) is 19.1 Å². The number of carbonyl (C=O) groups excluding carboxylic acids is 1. The third-order valence-electron chi connectivity index (χ3n) is 6.41. The lowest BCUT2D eigenvalue weighted by Crippen LogP contribution is -2.66. The van der Waals surface area contributed by atoms with Crippen molar-refractivity contribution >= 4 is 15.9 Å². The first-order valence-corrected chi connectivity index (χ1v) is 11.3. The van der Waals surface area contributed by atoms with Gasteiger partial charge in [0.15, 0.2) is 0 Å². The Morgan fingerprint density at radius 3 is 2.56 bits per heavy atom. The molecule has 2 saturated heterocycles. The quantitative estimate of drug-likeness (QED) is 0.804.